The van der Waals surface area contributed by atoms with Crippen LogP contribution in [0, 0.1) is 46.8 Å². The molecule has 2 saturated heterocycles. The fourth-order valence-corrected chi connectivity index (χ4v) is 9.71. The Kier molecular flexibility index (Phi) is 10.0. The first-order chi connectivity index (χ1) is 28.5. The van der Waals surface area contributed by atoms with Crippen LogP contribution in [-0.4, -0.2) is 59.2 Å². The molecule has 2 aliphatic heterocycles. The molecule has 3 fully saturated rings. The quantitative estimate of drug-likeness (QED) is 0.0357. The van der Waals surface area contributed by atoms with E-state index in [1.807, 2.05) is 31.1 Å². The highest BCUT2D eigenvalue weighted by molar-refractivity contribution is 6.58. The Bertz CT molecular complexity index is 2550. The van der Waals surface area contributed by atoms with Crippen molar-refractivity contribution in [3.05, 3.63) is 113 Å². The minimum Gasteiger partial charge on any atom is -0.504 e. The zero-order chi connectivity index (χ0) is 43.2. The Morgan fingerprint density at radius 1 is 0.783 bits per heavy atom. The predicted octanol–water partition coefficient (Wildman–Crippen LogP) is 8.74. The van der Waals surface area contributed by atoms with Crippen LogP contribution in [0.2, 0.25) is 0 Å². The Balaban J connectivity index is 1.19. The van der Waals surface area contributed by atoms with Crippen LogP contribution in [0.3, 0.4) is 0 Å². The second-order valence-corrected chi connectivity index (χ2v) is 16.2. The third-order valence-corrected chi connectivity index (χ3v) is 13.0. The first-order valence-electron chi connectivity index (χ1n) is 18.6. The number of imide groups is 2. The van der Waals surface area contributed by atoms with Crippen molar-refractivity contribution in [1.82, 2.24) is 0 Å². The molecule has 11 nitrogen and oxygen atoms in total. The van der Waals surface area contributed by atoms with E-state index in [-0.39, 0.29) is 46.3 Å². The zero-order valence-electron chi connectivity index (χ0n) is 31.7. The number of hydrogen-bond acceptors (Lipinski definition) is 9. The van der Waals surface area contributed by atoms with E-state index in [1.54, 1.807) is 37.3 Å². The molecule has 2 heterocycles. The van der Waals surface area contributed by atoms with Crippen LogP contribution in [-0.2, 0) is 19.2 Å². The highest BCUT2D eigenvalue weighted by Crippen LogP contribution is 2.66. The number of halogens is 7. The summed E-state index contributed by atoms with van der Waals surface area (Å²) in [6, 6.07) is 17.3. The first-order valence-corrected chi connectivity index (χ1v) is 19.3. The normalized spacial score (nSPS) is 26.1. The van der Waals surface area contributed by atoms with Crippen molar-refractivity contribution in [3.63, 3.8) is 0 Å². The van der Waals surface area contributed by atoms with Crippen molar-refractivity contribution in [2.75, 3.05) is 35.4 Å². The SMILES string of the molecule is CCOc1cc([C@H]2C3=CC[C@@H]4C(=O)N(c5ccc(N=Nc6ccc(N(C)C)cc6)cc5)C(=O)[C@@H]4[C@@H]3C[C@@]3(Cl)C(=O)N(c4c(F)c(F)c(F)c(F)c4F)C(=O)[C@@]23Cl)ccc1O. The molecule has 8 rings (SSSR count). The Morgan fingerprint density at radius 3 is 1.95 bits per heavy atom. The number of nitrogens with zero attached hydrogens (tertiary/aromatic N) is 5. The second kappa shape index (κ2) is 14.7. The Morgan fingerprint density at radius 2 is 1.37 bits per heavy atom. The maximum atomic E-state index is 15.4. The number of benzene rings is 4. The zero-order valence-corrected chi connectivity index (χ0v) is 33.2. The van der Waals surface area contributed by atoms with Crippen LogP contribution in [0.5, 0.6) is 11.5 Å². The number of anilines is 3. The standard InChI is InChI=1S/C42H32Cl2F5N5O6/c1-4-60-28-17-19(5-16-27(28)55)30-24-14-15-25-29(38(57)53(37(25)56)23-12-8-21(9-13-23)51-50-20-6-10-22(11-7-20)52(2)3)26(24)18-41(43)39(58)54(40(59)42(30,41)44)36-34(48)32(46)31(45)33(47)35(36)49/h5-14,16-17,25-26,29-30,55H,4,15,18H2,1-3H3/t25-,26+,29-,30-,41+,42-/m0/s1. The lowest BCUT2D eigenvalue weighted by molar-refractivity contribution is -0.125. The lowest BCUT2D eigenvalue weighted by Crippen LogP contribution is -2.60. The molecule has 4 aromatic carbocycles. The summed E-state index contributed by atoms with van der Waals surface area (Å²) in [4.78, 5) is 54.9. The third-order valence-electron chi connectivity index (χ3n) is 11.6. The van der Waals surface area contributed by atoms with Gasteiger partial charge in [0.1, 0.15) is 5.69 Å². The van der Waals surface area contributed by atoms with Gasteiger partial charge in [0.25, 0.3) is 11.8 Å². The van der Waals surface area contributed by atoms with Crippen LogP contribution >= 0.6 is 23.2 Å². The van der Waals surface area contributed by atoms with Gasteiger partial charge in [0.2, 0.25) is 17.6 Å². The minimum atomic E-state index is -2.73. The van der Waals surface area contributed by atoms with Crippen LogP contribution in [0.1, 0.15) is 31.2 Å². The van der Waals surface area contributed by atoms with Crippen molar-refractivity contribution in [2.45, 2.75) is 35.4 Å². The highest BCUT2D eigenvalue weighted by atomic mass is 35.5. The number of aromatic hydroxyl groups is 1. The lowest BCUT2D eigenvalue weighted by atomic mass is 9.56. The molecule has 1 saturated carbocycles. The van der Waals surface area contributed by atoms with E-state index in [1.165, 1.54) is 30.3 Å². The second-order valence-electron chi connectivity index (χ2n) is 15.0. The van der Waals surface area contributed by atoms with Crippen LogP contribution < -0.4 is 19.4 Å². The van der Waals surface area contributed by atoms with Gasteiger partial charge in [-0.2, -0.15) is 10.2 Å². The van der Waals surface area contributed by atoms with Crippen LogP contribution in [0.25, 0.3) is 0 Å². The number of amides is 4. The Labute approximate surface area is 348 Å². The molecule has 4 aromatic rings. The van der Waals surface area contributed by atoms with E-state index in [9.17, 15) is 37.5 Å². The minimum absolute atomic E-state index is 0.0604. The topological polar surface area (TPSA) is 132 Å². The summed E-state index contributed by atoms with van der Waals surface area (Å²) in [5.41, 5.74) is 0.611. The fraction of sp³-hybridized carbons (Fsp3) is 0.286. The van der Waals surface area contributed by atoms with Gasteiger partial charge in [0.15, 0.2) is 44.5 Å². The summed E-state index contributed by atoms with van der Waals surface area (Å²) in [6.07, 6.45) is 0.845. The molecule has 0 bridgehead atoms. The number of alkyl halides is 2. The van der Waals surface area contributed by atoms with Gasteiger partial charge in [-0.1, -0.05) is 17.7 Å². The average molecular weight is 869 g/mol. The molecular formula is C42H32Cl2F5N5O6. The molecular weight excluding hydrogens is 836 g/mol. The number of carbonyl (C=O) groups excluding carboxylic acids is 4. The summed E-state index contributed by atoms with van der Waals surface area (Å²) >= 11 is 14.4. The van der Waals surface area contributed by atoms with Crippen molar-refractivity contribution in [2.24, 2.45) is 28.0 Å². The predicted molar refractivity (Wildman–Crippen MR) is 210 cm³/mol. The maximum absolute atomic E-state index is 15.4. The Hall–Kier alpha value is -5.87. The molecule has 60 heavy (non-hydrogen) atoms. The number of fused-ring (bicyclic) bond motifs is 4. The number of phenolic OH excluding ortho intramolecular Hbond substituents is 1. The molecule has 310 valence electrons. The molecule has 6 atom stereocenters. The average Bonchev–Trinajstić information content (AvgIpc) is 3.57. The summed E-state index contributed by atoms with van der Waals surface area (Å²) in [7, 11) is 3.81. The van der Waals surface area contributed by atoms with Gasteiger partial charge in [-0.25, -0.2) is 26.9 Å². The van der Waals surface area contributed by atoms with E-state index in [2.05, 4.69) is 10.2 Å². The number of azo groups is 1. The van der Waals surface area contributed by atoms with E-state index in [4.69, 9.17) is 27.9 Å². The number of allylic oxidation sites excluding steroid dienone is 2. The largest absolute Gasteiger partial charge is 0.504 e. The molecule has 0 spiro atoms. The number of phenols is 1. The van der Waals surface area contributed by atoms with Crippen LogP contribution in [0.15, 0.2) is 88.6 Å². The number of hydrogen-bond donors (Lipinski definition) is 1. The van der Waals surface area contributed by atoms with E-state index < -0.39 is 98.2 Å². The summed E-state index contributed by atoms with van der Waals surface area (Å²) in [5.74, 6) is -22.2. The van der Waals surface area contributed by atoms with E-state index in [0.29, 0.717) is 11.4 Å². The van der Waals surface area contributed by atoms with Gasteiger partial charge in [-0.3, -0.25) is 24.1 Å². The summed E-state index contributed by atoms with van der Waals surface area (Å²) in [5, 5.41) is 19.0. The van der Waals surface area contributed by atoms with Gasteiger partial charge in [-0.15, -0.1) is 23.2 Å². The van der Waals surface area contributed by atoms with Gasteiger partial charge in [-0.05, 0) is 91.9 Å². The number of ether oxygens (including phenoxy) is 1. The van der Waals surface area contributed by atoms with Gasteiger partial charge in [0, 0.05) is 25.7 Å². The molecule has 4 amide bonds. The molecule has 0 unspecified atom stereocenters. The summed E-state index contributed by atoms with van der Waals surface area (Å²) in [6.45, 7) is 1.69. The molecule has 0 aromatic heterocycles. The highest BCUT2D eigenvalue weighted by Gasteiger charge is 2.77. The number of carbonyl (C=O) groups is 4. The molecule has 4 aliphatic rings. The van der Waals surface area contributed by atoms with Crippen molar-refractivity contribution >= 4 is 75.3 Å². The van der Waals surface area contributed by atoms with E-state index >= 15 is 8.78 Å². The third kappa shape index (κ3) is 5.89. The maximum Gasteiger partial charge on any atom is 0.258 e. The lowest BCUT2D eigenvalue weighted by Gasteiger charge is -2.50. The molecule has 18 heteroatoms. The monoisotopic (exact) mass is 867 g/mol. The van der Waals surface area contributed by atoms with E-state index in [0.717, 1.165) is 10.6 Å². The van der Waals surface area contributed by atoms with Crippen molar-refractivity contribution in [1.29, 1.82) is 0 Å². The molecule has 0 radical (unpaired) electrons. The van der Waals surface area contributed by atoms with Gasteiger partial charge in [0.05, 0.1) is 35.5 Å². The smallest absolute Gasteiger partial charge is 0.258 e. The first kappa shape index (κ1) is 40.9. The van der Waals surface area contributed by atoms with Crippen LogP contribution in [0.4, 0.5) is 50.4 Å². The molecule has 1 N–H and O–H groups in total. The van der Waals surface area contributed by atoms with Gasteiger partial charge >= 0.3 is 0 Å². The molecule has 2 aliphatic carbocycles. The fourth-order valence-electron chi connectivity index (χ4n) is 8.78. The number of rotatable bonds is 8. The van der Waals surface area contributed by atoms with Crippen molar-refractivity contribution < 1.29 is 51.0 Å². The summed E-state index contributed by atoms with van der Waals surface area (Å²) < 4.78 is 79.6. The van der Waals surface area contributed by atoms with Crippen molar-refractivity contribution in [3.8, 4) is 11.5 Å². The van der Waals surface area contributed by atoms with Gasteiger partial charge < -0.3 is 14.7 Å².